The highest BCUT2D eigenvalue weighted by Gasteiger charge is 2.06. The highest BCUT2D eigenvalue weighted by molar-refractivity contribution is 5.81. The summed E-state index contributed by atoms with van der Waals surface area (Å²) in [6.45, 7) is 5.31. The summed E-state index contributed by atoms with van der Waals surface area (Å²) in [5, 5.41) is 0. The van der Waals surface area contributed by atoms with Crippen LogP contribution in [0.4, 0.5) is 4.79 Å². The third-order valence-corrected chi connectivity index (χ3v) is 1.08. The summed E-state index contributed by atoms with van der Waals surface area (Å²) in [5.41, 5.74) is 0. The monoisotopic (exact) mass is 188 g/mol. The fourth-order valence-corrected chi connectivity index (χ4v) is 0.433. The number of rotatable bonds is 4. The largest absolute Gasteiger partial charge is 0.549 e. The van der Waals surface area contributed by atoms with Crippen LogP contribution in [0.15, 0.2) is 12.7 Å². The third-order valence-electron chi connectivity index (χ3n) is 1.08. The molecule has 0 aromatic rings. The number of hydrogen-bond donors (Lipinski definition) is 0. The van der Waals surface area contributed by atoms with Gasteiger partial charge in [-0.2, -0.15) is 4.79 Å². The normalized spacial score (nSPS) is 8.69. The molecule has 0 N–H and O–H groups in total. The second-order valence-corrected chi connectivity index (χ2v) is 2.14. The molecule has 0 spiro atoms. The summed E-state index contributed by atoms with van der Waals surface area (Å²) in [7, 11) is 0. The number of unbranched alkanes of at least 4 members (excludes halogenated alkanes) is 1. The lowest BCUT2D eigenvalue weighted by atomic mass is 10.4. The van der Waals surface area contributed by atoms with Crippen LogP contribution in [0.25, 0.3) is 0 Å². The van der Waals surface area contributed by atoms with E-state index in [1.165, 1.54) is 0 Å². The van der Waals surface area contributed by atoms with Gasteiger partial charge in [-0.15, -0.1) is 0 Å². The van der Waals surface area contributed by atoms with Crippen molar-refractivity contribution in [3.8, 4) is 0 Å². The first-order valence-corrected chi connectivity index (χ1v) is 3.88. The lowest BCUT2D eigenvalue weighted by Gasteiger charge is -2.01. The van der Waals surface area contributed by atoms with Gasteiger partial charge in [0.2, 0.25) is 0 Å². The first-order chi connectivity index (χ1) is 6.20. The van der Waals surface area contributed by atoms with Crippen molar-refractivity contribution < 1.29 is 24.1 Å². The van der Waals surface area contributed by atoms with E-state index in [9.17, 15) is 9.59 Å². The molecule has 0 aliphatic carbocycles. The van der Waals surface area contributed by atoms with E-state index in [4.69, 9.17) is 0 Å². The van der Waals surface area contributed by atoms with Crippen LogP contribution >= 0.6 is 0 Å². The molecule has 5 heteroatoms. The van der Waals surface area contributed by atoms with Gasteiger partial charge in [0.15, 0.2) is 0 Å². The first-order valence-electron chi connectivity index (χ1n) is 3.88. The molecular formula is C8H12O5. The van der Waals surface area contributed by atoms with Crippen molar-refractivity contribution in [1.82, 2.24) is 0 Å². The van der Waals surface area contributed by atoms with E-state index in [0.717, 1.165) is 18.9 Å². The molecule has 0 aliphatic heterocycles. The quantitative estimate of drug-likeness (QED) is 0.220. The first kappa shape index (κ1) is 11.5. The fourth-order valence-electron chi connectivity index (χ4n) is 0.433. The van der Waals surface area contributed by atoms with Crippen molar-refractivity contribution in [3.63, 3.8) is 0 Å². The van der Waals surface area contributed by atoms with Crippen LogP contribution in [0, 0.1) is 0 Å². The molecule has 0 radical (unpaired) electrons. The second kappa shape index (κ2) is 7.15. The minimum absolute atomic E-state index is 0.251. The second-order valence-electron chi connectivity index (χ2n) is 2.14. The van der Waals surface area contributed by atoms with Crippen molar-refractivity contribution in [2.45, 2.75) is 19.8 Å². The van der Waals surface area contributed by atoms with E-state index in [1.54, 1.807) is 0 Å². The molecule has 0 heterocycles. The Balaban J connectivity index is 3.40. The van der Waals surface area contributed by atoms with Crippen LogP contribution in [-0.2, 0) is 19.3 Å². The zero-order valence-corrected chi connectivity index (χ0v) is 7.45. The minimum atomic E-state index is -1.02. The molecule has 13 heavy (non-hydrogen) atoms. The van der Waals surface area contributed by atoms with Gasteiger partial charge in [-0.05, 0) is 6.42 Å². The summed E-state index contributed by atoms with van der Waals surface area (Å²) >= 11 is 0. The van der Waals surface area contributed by atoms with Gasteiger partial charge in [0, 0.05) is 6.08 Å². The van der Waals surface area contributed by atoms with Gasteiger partial charge in [0.1, 0.15) is 0 Å². The average Bonchev–Trinajstić information content (AvgIpc) is 2.14. The molecule has 0 aromatic carbocycles. The maximum absolute atomic E-state index is 10.6. The van der Waals surface area contributed by atoms with E-state index in [0.29, 0.717) is 0 Å². The summed E-state index contributed by atoms with van der Waals surface area (Å²) in [6, 6.07) is 0. The Hall–Kier alpha value is -1.52. The molecule has 0 saturated carbocycles. The molecular weight excluding hydrogens is 176 g/mol. The summed E-state index contributed by atoms with van der Waals surface area (Å²) in [6.07, 6.45) is 1.49. The van der Waals surface area contributed by atoms with E-state index < -0.39 is 12.1 Å². The third kappa shape index (κ3) is 6.86. The van der Waals surface area contributed by atoms with Crippen LogP contribution in [0.5, 0.6) is 0 Å². The number of carbonyl (C=O) groups is 2. The fraction of sp³-hybridized carbons (Fsp3) is 0.500. The maximum Gasteiger partial charge on any atom is 0.549 e. The Morgan fingerprint density at radius 3 is 2.62 bits per heavy atom. The van der Waals surface area contributed by atoms with Crippen molar-refractivity contribution in [1.29, 1.82) is 0 Å². The van der Waals surface area contributed by atoms with Gasteiger partial charge in [-0.25, -0.2) is 14.6 Å². The highest BCUT2D eigenvalue weighted by atomic mass is 17.2. The van der Waals surface area contributed by atoms with Gasteiger partial charge in [0.05, 0.1) is 6.61 Å². The summed E-state index contributed by atoms with van der Waals surface area (Å²) < 4.78 is 4.50. The van der Waals surface area contributed by atoms with Gasteiger partial charge in [0.25, 0.3) is 0 Å². The van der Waals surface area contributed by atoms with Crippen molar-refractivity contribution >= 4 is 12.1 Å². The van der Waals surface area contributed by atoms with Crippen LogP contribution in [-0.4, -0.2) is 18.7 Å². The van der Waals surface area contributed by atoms with E-state index in [2.05, 4.69) is 21.1 Å². The molecule has 0 unspecified atom stereocenters. The molecule has 0 aromatic heterocycles. The average molecular weight is 188 g/mol. The molecule has 0 aliphatic rings. The molecule has 0 atom stereocenters. The van der Waals surface area contributed by atoms with Gasteiger partial charge in [-0.3, -0.25) is 0 Å². The van der Waals surface area contributed by atoms with Crippen molar-refractivity contribution in [3.05, 3.63) is 12.7 Å². The van der Waals surface area contributed by atoms with Crippen molar-refractivity contribution in [2.24, 2.45) is 0 Å². The number of hydrogen-bond acceptors (Lipinski definition) is 5. The summed E-state index contributed by atoms with van der Waals surface area (Å²) in [5.74, 6) is -0.840. The van der Waals surface area contributed by atoms with Crippen LogP contribution < -0.4 is 0 Å². The molecule has 0 bridgehead atoms. The molecule has 5 nitrogen and oxygen atoms in total. The van der Waals surface area contributed by atoms with Gasteiger partial charge >= 0.3 is 12.1 Å². The summed E-state index contributed by atoms with van der Waals surface area (Å²) in [4.78, 5) is 28.9. The molecule has 0 fully saturated rings. The molecule has 0 saturated heterocycles. The smallest absolute Gasteiger partial charge is 0.432 e. The maximum atomic E-state index is 10.6. The Morgan fingerprint density at radius 1 is 1.38 bits per heavy atom. The Bertz CT molecular complexity index is 187. The topological polar surface area (TPSA) is 61.8 Å². The Morgan fingerprint density at radius 2 is 2.08 bits per heavy atom. The predicted octanol–water partition coefficient (Wildman–Crippen LogP) is 1.58. The van der Waals surface area contributed by atoms with Crippen molar-refractivity contribution in [2.75, 3.05) is 6.61 Å². The molecule has 0 amide bonds. The lowest BCUT2D eigenvalue weighted by Crippen LogP contribution is -2.11. The van der Waals surface area contributed by atoms with E-state index >= 15 is 0 Å². The van der Waals surface area contributed by atoms with E-state index in [1.807, 2.05) is 6.92 Å². The van der Waals surface area contributed by atoms with Crippen LogP contribution in [0.2, 0.25) is 0 Å². The zero-order valence-electron chi connectivity index (χ0n) is 7.45. The van der Waals surface area contributed by atoms with Crippen LogP contribution in [0.3, 0.4) is 0 Å². The lowest BCUT2D eigenvalue weighted by molar-refractivity contribution is -0.238. The molecule has 74 valence electrons. The SMILES string of the molecule is C=CC(=O)OOC(=O)OCCCC. The highest BCUT2D eigenvalue weighted by Crippen LogP contribution is 1.92. The minimum Gasteiger partial charge on any atom is -0.432 e. The van der Waals surface area contributed by atoms with Gasteiger partial charge < -0.3 is 4.74 Å². The molecule has 0 rings (SSSR count). The predicted molar refractivity (Wildman–Crippen MR) is 43.6 cm³/mol. The Kier molecular flexibility index (Phi) is 6.31. The van der Waals surface area contributed by atoms with Crippen LogP contribution in [0.1, 0.15) is 19.8 Å². The standard InChI is InChI=1S/C8H12O5/c1-3-5-6-11-8(10)13-12-7(9)4-2/h4H,2-3,5-6H2,1H3. The Labute approximate surface area is 76.2 Å². The zero-order chi connectivity index (χ0) is 10.1. The van der Waals surface area contributed by atoms with E-state index in [-0.39, 0.29) is 6.61 Å². The number of ether oxygens (including phenoxy) is 1. The van der Waals surface area contributed by atoms with Gasteiger partial charge in [-0.1, -0.05) is 19.9 Å². The number of carbonyl (C=O) groups excluding carboxylic acids is 2.